The number of rotatable bonds is 6. The largest absolute Gasteiger partial charge is 0.369 e. The van der Waals surface area contributed by atoms with Gasteiger partial charge in [-0.2, -0.15) is 0 Å². The Balaban J connectivity index is 2.57. The Hall–Kier alpha value is -1.67. The number of carbonyl (C=O) groups excluding carboxylic acids is 1. The third-order valence-corrected chi connectivity index (χ3v) is 4.47. The van der Waals surface area contributed by atoms with Crippen LogP contribution < -0.4 is 5.32 Å². The maximum atomic E-state index is 11.7. The SMILES string of the molecule is CN(C)C(=O)c1ccc(NCCS(=O)(=O)N(C)C)nc1. The highest BCUT2D eigenvalue weighted by atomic mass is 32.2. The molecule has 1 aromatic heterocycles. The summed E-state index contributed by atoms with van der Waals surface area (Å²) in [5.74, 6) is 0.397. The molecule has 0 atom stereocenters. The molecule has 0 aliphatic heterocycles. The van der Waals surface area contributed by atoms with E-state index in [4.69, 9.17) is 0 Å². The van der Waals surface area contributed by atoms with Gasteiger partial charge in [0.2, 0.25) is 10.0 Å². The topological polar surface area (TPSA) is 82.6 Å². The van der Waals surface area contributed by atoms with Gasteiger partial charge in [0.1, 0.15) is 5.82 Å². The van der Waals surface area contributed by atoms with Crippen molar-refractivity contribution in [2.45, 2.75) is 0 Å². The highest BCUT2D eigenvalue weighted by Crippen LogP contribution is 2.06. The minimum absolute atomic E-state index is 0.0138. The second kappa shape index (κ2) is 6.67. The first-order valence-electron chi connectivity index (χ1n) is 6.06. The summed E-state index contributed by atoms with van der Waals surface area (Å²) in [5.41, 5.74) is 0.487. The van der Waals surface area contributed by atoms with Crippen molar-refractivity contribution in [3.05, 3.63) is 23.9 Å². The van der Waals surface area contributed by atoms with E-state index in [1.165, 1.54) is 29.5 Å². The number of amides is 1. The zero-order valence-corrected chi connectivity index (χ0v) is 12.9. The van der Waals surface area contributed by atoms with Gasteiger partial charge in [0.25, 0.3) is 5.91 Å². The summed E-state index contributed by atoms with van der Waals surface area (Å²) in [4.78, 5) is 17.2. The fourth-order valence-electron chi connectivity index (χ4n) is 1.37. The van der Waals surface area contributed by atoms with Gasteiger partial charge >= 0.3 is 0 Å². The average Bonchev–Trinajstić information content (AvgIpc) is 2.38. The third kappa shape index (κ3) is 4.46. The number of hydrogen-bond acceptors (Lipinski definition) is 5. The summed E-state index contributed by atoms with van der Waals surface area (Å²) in [6.07, 6.45) is 1.46. The molecule has 1 amide bonds. The Morgan fingerprint density at radius 3 is 2.35 bits per heavy atom. The Morgan fingerprint density at radius 2 is 1.90 bits per heavy atom. The smallest absolute Gasteiger partial charge is 0.254 e. The Kier molecular flexibility index (Phi) is 5.46. The summed E-state index contributed by atoms with van der Waals surface area (Å²) in [6.45, 7) is 0.258. The lowest BCUT2D eigenvalue weighted by molar-refractivity contribution is 0.0827. The third-order valence-electron chi connectivity index (χ3n) is 2.64. The van der Waals surface area contributed by atoms with E-state index in [1.807, 2.05) is 0 Å². The van der Waals surface area contributed by atoms with Crippen LogP contribution in [0.5, 0.6) is 0 Å². The predicted octanol–water partition coefficient (Wildman–Crippen LogP) is 0.0867. The number of hydrogen-bond donors (Lipinski definition) is 1. The second-order valence-electron chi connectivity index (χ2n) is 4.66. The van der Waals surface area contributed by atoms with E-state index >= 15 is 0 Å². The minimum atomic E-state index is -3.22. The fourth-order valence-corrected chi connectivity index (χ4v) is 2.10. The Morgan fingerprint density at radius 1 is 1.25 bits per heavy atom. The van der Waals surface area contributed by atoms with Crippen LogP contribution in [0.15, 0.2) is 18.3 Å². The summed E-state index contributed by atoms with van der Waals surface area (Å²) < 4.78 is 24.3. The normalized spacial score (nSPS) is 11.4. The van der Waals surface area contributed by atoms with Gasteiger partial charge in [-0.1, -0.05) is 0 Å². The van der Waals surface area contributed by atoms with E-state index in [2.05, 4.69) is 10.3 Å². The van der Waals surface area contributed by atoms with Gasteiger partial charge < -0.3 is 10.2 Å². The van der Waals surface area contributed by atoms with Crippen molar-refractivity contribution in [2.24, 2.45) is 0 Å². The summed E-state index contributed by atoms with van der Waals surface area (Å²) >= 11 is 0. The van der Waals surface area contributed by atoms with Crippen molar-refractivity contribution in [1.82, 2.24) is 14.2 Å². The fraction of sp³-hybridized carbons (Fsp3) is 0.500. The standard InChI is InChI=1S/C12H20N4O3S/c1-15(2)12(17)10-5-6-11(14-9-10)13-7-8-20(18,19)16(3)4/h5-6,9H,7-8H2,1-4H3,(H,13,14). The molecule has 7 nitrogen and oxygen atoms in total. The number of nitrogens with one attached hydrogen (secondary N) is 1. The molecular weight excluding hydrogens is 280 g/mol. The number of aromatic nitrogens is 1. The molecule has 1 heterocycles. The van der Waals surface area contributed by atoms with Crippen LogP contribution in [0.1, 0.15) is 10.4 Å². The number of carbonyl (C=O) groups is 1. The molecule has 0 saturated carbocycles. The van der Waals surface area contributed by atoms with Crippen LogP contribution >= 0.6 is 0 Å². The van der Waals surface area contributed by atoms with Crippen LogP contribution in [-0.2, 0) is 10.0 Å². The van der Waals surface area contributed by atoms with Gasteiger partial charge in [-0.3, -0.25) is 4.79 Å². The lowest BCUT2D eigenvalue weighted by atomic mass is 10.2. The van der Waals surface area contributed by atoms with E-state index < -0.39 is 10.0 Å². The van der Waals surface area contributed by atoms with E-state index in [9.17, 15) is 13.2 Å². The van der Waals surface area contributed by atoms with Crippen molar-refractivity contribution < 1.29 is 13.2 Å². The molecule has 0 aliphatic rings. The molecule has 0 unspecified atom stereocenters. The molecule has 8 heteroatoms. The number of nitrogens with zero attached hydrogens (tertiary/aromatic N) is 3. The molecule has 0 saturated heterocycles. The van der Waals surface area contributed by atoms with Crippen LogP contribution in [0.2, 0.25) is 0 Å². The van der Waals surface area contributed by atoms with Crippen LogP contribution in [0, 0.1) is 0 Å². The second-order valence-corrected chi connectivity index (χ2v) is 6.96. The van der Waals surface area contributed by atoms with Gasteiger partial charge in [-0.05, 0) is 12.1 Å². The molecule has 1 N–H and O–H groups in total. The molecule has 0 aliphatic carbocycles. The zero-order chi connectivity index (χ0) is 15.3. The first kappa shape index (κ1) is 16.4. The monoisotopic (exact) mass is 300 g/mol. The van der Waals surface area contributed by atoms with E-state index in [1.54, 1.807) is 26.2 Å². The molecule has 0 fully saturated rings. The lowest BCUT2D eigenvalue weighted by Gasteiger charge is -2.12. The molecule has 0 radical (unpaired) electrons. The molecule has 112 valence electrons. The molecule has 0 aromatic carbocycles. The minimum Gasteiger partial charge on any atom is -0.369 e. The highest BCUT2D eigenvalue weighted by molar-refractivity contribution is 7.89. The van der Waals surface area contributed by atoms with Crippen molar-refractivity contribution in [2.75, 3.05) is 45.8 Å². The predicted molar refractivity (Wildman–Crippen MR) is 78.2 cm³/mol. The summed E-state index contributed by atoms with van der Waals surface area (Å²) in [7, 11) is 3.11. The zero-order valence-electron chi connectivity index (χ0n) is 12.1. The highest BCUT2D eigenvalue weighted by Gasteiger charge is 2.13. The Labute approximate surface area is 119 Å². The van der Waals surface area contributed by atoms with Crippen LogP contribution in [0.4, 0.5) is 5.82 Å². The van der Waals surface area contributed by atoms with E-state index in [-0.39, 0.29) is 18.2 Å². The quantitative estimate of drug-likeness (QED) is 0.805. The molecular formula is C12H20N4O3S. The maximum Gasteiger partial charge on any atom is 0.254 e. The van der Waals surface area contributed by atoms with E-state index in [0.717, 1.165) is 0 Å². The van der Waals surface area contributed by atoms with Crippen LogP contribution in [0.3, 0.4) is 0 Å². The molecule has 1 aromatic rings. The van der Waals surface area contributed by atoms with Gasteiger partial charge in [-0.15, -0.1) is 0 Å². The number of pyridine rings is 1. The van der Waals surface area contributed by atoms with E-state index in [0.29, 0.717) is 11.4 Å². The van der Waals surface area contributed by atoms with Crippen molar-refractivity contribution in [1.29, 1.82) is 0 Å². The molecule has 1 rings (SSSR count). The summed E-state index contributed by atoms with van der Waals surface area (Å²) in [5, 5.41) is 2.91. The van der Waals surface area contributed by atoms with Crippen molar-refractivity contribution >= 4 is 21.7 Å². The molecule has 0 spiro atoms. The summed E-state index contributed by atoms with van der Waals surface area (Å²) in [6, 6.07) is 3.30. The van der Waals surface area contributed by atoms with Crippen molar-refractivity contribution in [3.8, 4) is 0 Å². The van der Waals surface area contributed by atoms with Crippen molar-refractivity contribution in [3.63, 3.8) is 0 Å². The Bertz CT molecular complexity index is 553. The number of sulfonamides is 1. The number of anilines is 1. The molecule has 0 bridgehead atoms. The van der Waals surface area contributed by atoms with Gasteiger partial charge in [-0.25, -0.2) is 17.7 Å². The van der Waals surface area contributed by atoms with Crippen LogP contribution in [-0.4, -0.2) is 69.0 Å². The maximum absolute atomic E-state index is 11.7. The first-order valence-corrected chi connectivity index (χ1v) is 7.67. The average molecular weight is 300 g/mol. The first-order chi connectivity index (χ1) is 9.24. The molecule has 20 heavy (non-hydrogen) atoms. The lowest BCUT2D eigenvalue weighted by Crippen LogP contribution is -2.28. The van der Waals surface area contributed by atoms with Gasteiger partial charge in [0, 0.05) is 40.9 Å². The van der Waals surface area contributed by atoms with Gasteiger partial charge in [0.05, 0.1) is 11.3 Å². The van der Waals surface area contributed by atoms with Gasteiger partial charge in [0.15, 0.2) is 0 Å². The van der Waals surface area contributed by atoms with Crippen LogP contribution in [0.25, 0.3) is 0 Å².